The van der Waals surface area contributed by atoms with E-state index < -0.39 is 10.0 Å². The highest BCUT2D eigenvalue weighted by atomic mass is 32.2. The fourth-order valence-corrected chi connectivity index (χ4v) is 4.42. The molecule has 1 unspecified atom stereocenters. The molecule has 0 saturated heterocycles. The Hall–Kier alpha value is -2.22. The average Bonchev–Trinajstić information content (AvgIpc) is 2.64. The van der Waals surface area contributed by atoms with Gasteiger partial charge in [0.1, 0.15) is 0 Å². The first-order valence-electron chi connectivity index (χ1n) is 9.67. The Bertz CT molecular complexity index is 938. The fraction of sp³-hybridized carbons (Fsp3) is 0.409. The number of hydrogen-bond acceptors (Lipinski definition) is 4. The fourth-order valence-electron chi connectivity index (χ4n) is 3.06. The summed E-state index contributed by atoms with van der Waals surface area (Å²) in [5.41, 5.74) is 3.86. The summed E-state index contributed by atoms with van der Waals surface area (Å²) in [6, 6.07) is 13.6. The quantitative estimate of drug-likeness (QED) is 0.658. The molecule has 2 N–H and O–H groups in total. The van der Waals surface area contributed by atoms with E-state index in [9.17, 15) is 13.2 Å². The minimum Gasteiger partial charge on any atom is -0.354 e. The highest BCUT2D eigenvalue weighted by Crippen LogP contribution is 2.18. The normalized spacial score (nSPS) is 12.8. The summed E-state index contributed by atoms with van der Waals surface area (Å²) in [6.07, 6.45) is 0.0815. The van der Waals surface area contributed by atoms with E-state index >= 15 is 0 Å². The SMILES string of the molecule is Cc1ccc(C(CNC(=O)CCNS(=O)(=O)c2cc(C)ccc2C)N(C)C)cc1. The van der Waals surface area contributed by atoms with Crippen molar-refractivity contribution in [3.05, 3.63) is 64.7 Å². The van der Waals surface area contributed by atoms with Crippen molar-refractivity contribution < 1.29 is 13.2 Å². The second-order valence-corrected chi connectivity index (χ2v) is 9.35. The summed E-state index contributed by atoms with van der Waals surface area (Å²) >= 11 is 0. The number of carbonyl (C=O) groups is 1. The van der Waals surface area contributed by atoms with Gasteiger partial charge < -0.3 is 10.2 Å². The summed E-state index contributed by atoms with van der Waals surface area (Å²) in [6.45, 7) is 6.15. The highest BCUT2D eigenvalue weighted by Gasteiger charge is 2.18. The number of amides is 1. The molecule has 0 radical (unpaired) electrons. The summed E-state index contributed by atoms with van der Waals surface area (Å²) < 4.78 is 27.5. The Kier molecular flexibility index (Phi) is 7.96. The van der Waals surface area contributed by atoms with Crippen LogP contribution in [0.15, 0.2) is 47.4 Å². The minimum atomic E-state index is -3.64. The Morgan fingerprint density at radius 1 is 1.00 bits per heavy atom. The molecule has 0 bridgehead atoms. The minimum absolute atomic E-state index is 0.0474. The zero-order valence-corrected chi connectivity index (χ0v) is 18.6. The largest absolute Gasteiger partial charge is 0.354 e. The molecule has 0 fully saturated rings. The average molecular weight is 418 g/mol. The molecule has 0 aromatic heterocycles. The Labute approximate surface area is 174 Å². The van der Waals surface area contributed by atoms with E-state index in [1.165, 1.54) is 5.56 Å². The third-order valence-electron chi connectivity index (χ3n) is 4.86. The Morgan fingerprint density at radius 3 is 2.24 bits per heavy atom. The highest BCUT2D eigenvalue weighted by molar-refractivity contribution is 7.89. The third-order valence-corrected chi connectivity index (χ3v) is 6.46. The van der Waals surface area contributed by atoms with Crippen LogP contribution in [0.2, 0.25) is 0 Å². The maximum Gasteiger partial charge on any atom is 0.240 e. The van der Waals surface area contributed by atoms with Crippen molar-refractivity contribution in [3.63, 3.8) is 0 Å². The smallest absolute Gasteiger partial charge is 0.240 e. The molecule has 0 aliphatic carbocycles. The summed E-state index contributed by atoms with van der Waals surface area (Å²) in [7, 11) is 0.295. The first-order chi connectivity index (χ1) is 13.6. The van der Waals surface area contributed by atoms with Gasteiger partial charge >= 0.3 is 0 Å². The summed E-state index contributed by atoms with van der Waals surface area (Å²) in [5.74, 6) is -0.187. The predicted octanol–water partition coefficient (Wildman–Crippen LogP) is 2.70. The molecule has 7 heteroatoms. The molecule has 2 aromatic rings. The molecule has 158 valence electrons. The molecule has 1 atom stereocenters. The van der Waals surface area contributed by atoms with Gasteiger partial charge in [0.15, 0.2) is 0 Å². The second kappa shape index (κ2) is 10.0. The standard InChI is InChI=1S/C22H31N3O3S/c1-16-7-10-19(11-8-16)20(25(4)5)15-23-22(26)12-13-24-29(27,28)21-14-17(2)6-9-18(21)3/h6-11,14,20,24H,12-13,15H2,1-5H3,(H,23,26). The first-order valence-corrected chi connectivity index (χ1v) is 11.1. The van der Waals surface area contributed by atoms with Crippen molar-refractivity contribution in [1.29, 1.82) is 0 Å². The lowest BCUT2D eigenvalue weighted by Crippen LogP contribution is -2.36. The van der Waals surface area contributed by atoms with Gasteiger partial charge in [-0.15, -0.1) is 0 Å². The van der Waals surface area contributed by atoms with Crippen LogP contribution in [0, 0.1) is 20.8 Å². The van der Waals surface area contributed by atoms with Crippen LogP contribution in [0.5, 0.6) is 0 Å². The molecular formula is C22H31N3O3S. The van der Waals surface area contributed by atoms with Gasteiger partial charge in [-0.05, 0) is 57.6 Å². The number of rotatable bonds is 9. The molecular weight excluding hydrogens is 386 g/mol. The lowest BCUT2D eigenvalue weighted by molar-refractivity contribution is -0.121. The van der Waals surface area contributed by atoms with Gasteiger partial charge in [-0.25, -0.2) is 13.1 Å². The summed E-state index contributed by atoms with van der Waals surface area (Å²) in [4.78, 5) is 14.5. The molecule has 1 amide bonds. The lowest BCUT2D eigenvalue weighted by atomic mass is 10.0. The number of nitrogens with zero attached hydrogens (tertiary/aromatic N) is 1. The Balaban J connectivity index is 1.89. The first kappa shape index (κ1) is 23.1. The number of aryl methyl sites for hydroxylation is 3. The number of nitrogens with one attached hydrogen (secondary N) is 2. The van der Waals surface area contributed by atoms with Crippen molar-refractivity contribution in [1.82, 2.24) is 14.9 Å². The van der Waals surface area contributed by atoms with E-state index in [0.29, 0.717) is 12.1 Å². The molecule has 0 aliphatic heterocycles. The van der Waals surface area contributed by atoms with Gasteiger partial charge in [-0.2, -0.15) is 0 Å². The van der Waals surface area contributed by atoms with E-state index in [4.69, 9.17) is 0 Å². The number of sulfonamides is 1. The molecule has 2 aromatic carbocycles. The molecule has 0 heterocycles. The van der Waals surface area contributed by atoms with Crippen molar-refractivity contribution in [2.24, 2.45) is 0 Å². The van der Waals surface area contributed by atoms with E-state index in [-0.39, 0.29) is 29.8 Å². The van der Waals surface area contributed by atoms with Crippen molar-refractivity contribution >= 4 is 15.9 Å². The zero-order chi connectivity index (χ0) is 21.6. The van der Waals surface area contributed by atoms with Crippen molar-refractivity contribution in [2.75, 3.05) is 27.2 Å². The van der Waals surface area contributed by atoms with Crippen LogP contribution in [0.25, 0.3) is 0 Å². The van der Waals surface area contributed by atoms with E-state index in [1.54, 1.807) is 19.1 Å². The van der Waals surface area contributed by atoms with Crippen LogP contribution >= 0.6 is 0 Å². The van der Waals surface area contributed by atoms with Crippen molar-refractivity contribution in [2.45, 2.75) is 38.1 Å². The van der Waals surface area contributed by atoms with Gasteiger partial charge in [-0.3, -0.25) is 4.79 Å². The summed E-state index contributed by atoms with van der Waals surface area (Å²) in [5, 5.41) is 2.91. The van der Waals surface area contributed by atoms with Crippen LogP contribution in [0.1, 0.15) is 34.7 Å². The molecule has 2 rings (SSSR count). The van der Waals surface area contributed by atoms with E-state index in [0.717, 1.165) is 11.1 Å². The van der Waals surface area contributed by atoms with Gasteiger partial charge in [0.2, 0.25) is 15.9 Å². The van der Waals surface area contributed by atoms with Gasteiger partial charge in [0.05, 0.1) is 10.9 Å². The number of carbonyl (C=O) groups excluding carboxylic acids is 1. The third kappa shape index (κ3) is 6.66. The molecule has 0 saturated carbocycles. The maximum atomic E-state index is 12.5. The molecule has 0 aliphatic rings. The van der Waals surface area contributed by atoms with Gasteiger partial charge in [0, 0.05) is 19.5 Å². The zero-order valence-electron chi connectivity index (χ0n) is 17.8. The van der Waals surface area contributed by atoms with Crippen LogP contribution in [-0.2, 0) is 14.8 Å². The number of hydrogen-bond donors (Lipinski definition) is 2. The number of likely N-dealkylation sites (N-methyl/N-ethyl adjacent to an activating group) is 1. The van der Waals surface area contributed by atoms with Crippen LogP contribution in [0.4, 0.5) is 0 Å². The topological polar surface area (TPSA) is 78.5 Å². The van der Waals surface area contributed by atoms with Crippen molar-refractivity contribution in [3.8, 4) is 0 Å². The second-order valence-electron chi connectivity index (χ2n) is 7.61. The number of benzene rings is 2. The Morgan fingerprint density at radius 2 is 1.62 bits per heavy atom. The predicted molar refractivity (Wildman–Crippen MR) is 116 cm³/mol. The van der Waals surface area contributed by atoms with Crippen LogP contribution in [-0.4, -0.2) is 46.4 Å². The monoisotopic (exact) mass is 417 g/mol. The van der Waals surface area contributed by atoms with Gasteiger partial charge in [0.25, 0.3) is 0 Å². The van der Waals surface area contributed by atoms with E-state index in [2.05, 4.69) is 34.3 Å². The molecule has 6 nitrogen and oxygen atoms in total. The molecule has 0 spiro atoms. The van der Waals surface area contributed by atoms with Gasteiger partial charge in [-0.1, -0.05) is 42.0 Å². The van der Waals surface area contributed by atoms with Crippen LogP contribution in [0.3, 0.4) is 0 Å². The lowest BCUT2D eigenvalue weighted by Gasteiger charge is -2.25. The van der Waals surface area contributed by atoms with Crippen LogP contribution < -0.4 is 10.0 Å². The molecule has 29 heavy (non-hydrogen) atoms. The maximum absolute atomic E-state index is 12.5. The van der Waals surface area contributed by atoms with E-state index in [1.807, 2.05) is 38.9 Å².